The number of phenolic OH excluding ortho intramolecular Hbond substituents is 2. The van der Waals surface area contributed by atoms with Crippen LogP contribution >= 0.6 is 12.4 Å². The molecule has 3 unspecified atom stereocenters. The van der Waals surface area contributed by atoms with E-state index < -0.39 is 137 Å². The molecule has 1 fully saturated rings. The van der Waals surface area contributed by atoms with Gasteiger partial charge < -0.3 is 61.6 Å². The van der Waals surface area contributed by atoms with Crippen molar-refractivity contribution >= 4 is 53.4 Å². The number of aromatic hydroxyl groups is 2. The highest BCUT2D eigenvalue weighted by atomic mass is 35.5. The molecule has 1 heterocycles. The molecular formula is C45H62ClN5O14. The number of aliphatic hydroxyl groups is 2. The number of rotatable bonds is 16. The first-order chi connectivity index (χ1) is 29.9. The summed E-state index contributed by atoms with van der Waals surface area (Å²) in [4.78, 5) is 93.8. The van der Waals surface area contributed by atoms with E-state index in [2.05, 4.69) is 21.3 Å². The van der Waals surface area contributed by atoms with Gasteiger partial charge in [0.15, 0.2) is 17.9 Å². The van der Waals surface area contributed by atoms with Crippen LogP contribution in [0.25, 0.3) is 0 Å². The number of halogens is 1. The lowest BCUT2D eigenvalue weighted by Crippen LogP contribution is -2.60. The first kappa shape index (κ1) is 52.4. The number of methoxy groups -OCH3 is 1. The maximum Gasteiger partial charge on any atom is 0.243 e. The number of fused-ring (bicyclic) bond motifs is 3. The number of carbonyl (C=O) groups is 7. The van der Waals surface area contributed by atoms with E-state index in [1.165, 1.54) is 46.1 Å². The zero-order valence-electron chi connectivity index (χ0n) is 38.0. The Morgan fingerprint density at radius 3 is 2.02 bits per heavy atom. The maximum absolute atomic E-state index is 14.0. The molecule has 0 spiro atoms. The molecule has 4 amide bonds. The fourth-order valence-electron chi connectivity index (χ4n) is 8.44. The quantitative estimate of drug-likeness (QED) is 0.0921. The van der Waals surface area contributed by atoms with Gasteiger partial charge in [0.05, 0.1) is 48.1 Å². The molecular weight excluding hydrogens is 870 g/mol. The van der Waals surface area contributed by atoms with Crippen molar-refractivity contribution in [1.82, 2.24) is 21.3 Å². The molecule has 2 aromatic rings. The predicted octanol–water partition coefficient (Wildman–Crippen LogP) is 1.52. The normalized spacial score (nSPS) is 24.2. The van der Waals surface area contributed by atoms with Gasteiger partial charge >= 0.3 is 0 Å². The number of aliphatic hydroxyl groups excluding tert-OH is 1. The van der Waals surface area contributed by atoms with Crippen LogP contribution in [0.5, 0.6) is 17.2 Å². The standard InChI is InChI=1S/C45H61N5O14.ClH/c1-18(2)13-27(49-41(57)20(5)46)43(59)47-21(6)42(58)50-28(14-19(3)4)44(60)48-26-15-31(63-22(7)36(26)52)64-30-17-45(61,23(8)51)16-25-33(30)40(56)35-34(38(25)54)37(53)24-11-10-12-29(62-9)32(24)39(35)55;/h10-12,18-22,26-28,30-31,36,52,54,56,61H,13-17,46H2,1-9H3,(H,47,59)(H,48,60)(H,49,57)(H,50,58);1H/t20-,21-,22?,26?,27-,28-,30+,31-,36+,45?;/m0./s1. The average Bonchev–Trinajstić information content (AvgIpc) is 3.21. The van der Waals surface area contributed by atoms with Gasteiger partial charge in [-0.1, -0.05) is 39.8 Å². The number of ketones is 3. The summed E-state index contributed by atoms with van der Waals surface area (Å²) in [5, 5.41) is 57.1. The first-order valence-corrected chi connectivity index (χ1v) is 21.5. The molecule has 5 rings (SSSR count). The minimum absolute atomic E-state index is 0. The minimum atomic E-state index is -2.17. The highest BCUT2D eigenvalue weighted by Gasteiger charge is 2.50. The van der Waals surface area contributed by atoms with Crippen LogP contribution in [0.2, 0.25) is 0 Å². The van der Waals surface area contributed by atoms with Crippen molar-refractivity contribution in [3.8, 4) is 17.2 Å². The minimum Gasteiger partial charge on any atom is -0.507 e. The molecule has 1 aliphatic heterocycles. The largest absolute Gasteiger partial charge is 0.507 e. The van der Waals surface area contributed by atoms with E-state index >= 15 is 0 Å². The van der Waals surface area contributed by atoms with E-state index in [9.17, 15) is 54.0 Å². The Balaban J connectivity index is 0.00000925. The molecule has 2 aromatic carbocycles. The third-order valence-corrected chi connectivity index (χ3v) is 11.9. The van der Waals surface area contributed by atoms with Crippen LogP contribution in [0.15, 0.2) is 18.2 Å². The lowest BCUT2D eigenvalue weighted by molar-refractivity contribution is -0.249. The zero-order valence-corrected chi connectivity index (χ0v) is 38.8. The number of hydrogen-bond donors (Lipinski definition) is 9. The van der Waals surface area contributed by atoms with E-state index in [0.29, 0.717) is 0 Å². The Morgan fingerprint density at radius 2 is 1.45 bits per heavy atom. The van der Waals surface area contributed by atoms with Crippen molar-refractivity contribution in [2.45, 2.75) is 148 Å². The number of ether oxygens (including phenoxy) is 3. The highest BCUT2D eigenvalue weighted by Crippen LogP contribution is 2.52. The first-order valence-electron chi connectivity index (χ1n) is 21.5. The molecule has 20 heteroatoms. The predicted molar refractivity (Wildman–Crippen MR) is 236 cm³/mol. The van der Waals surface area contributed by atoms with Crippen molar-refractivity contribution in [1.29, 1.82) is 0 Å². The molecule has 10 atom stereocenters. The summed E-state index contributed by atoms with van der Waals surface area (Å²) in [5.74, 6) is -6.35. The highest BCUT2D eigenvalue weighted by molar-refractivity contribution is 6.31. The summed E-state index contributed by atoms with van der Waals surface area (Å²) in [6.07, 6.45) is -5.89. The SMILES string of the molecule is COc1cccc2c1C(=O)c1c(O)c3c(c(O)c1C2=O)CC(O)(C(C)=O)C[C@H]3O[C@H]1CC(NC(=O)[C@H](CC(C)C)NC(=O)[C@H](C)NC(=O)[C@H](CC(C)C)NC(=O)[C@H](C)N)[C@H](O)C(C)O1.Cl. The summed E-state index contributed by atoms with van der Waals surface area (Å²) in [5.41, 5.74) is 1.90. The summed E-state index contributed by atoms with van der Waals surface area (Å²) in [6.45, 7) is 12.9. The molecule has 358 valence electrons. The smallest absolute Gasteiger partial charge is 0.243 e. The Bertz CT molecular complexity index is 2200. The molecule has 10 N–H and O–H groups in total. The third-order valence-electron chi connectivity index (χ3n) is 11.9. The number of benzene rings is 2. The molecule has 0 saturated carbocycles. The average molecular weight is 932 g/mol. The van der Waals surface area contributed by atoms with Gasteiger partial charge in [0, 0.05) is 36.0 Å². The van der Waals surface area contributed by atoms with Crippen LogP contribution in [-0.2, 0) is 39.9 Å². The van der Waals surface area contributed by atoms with Gasteiger partial charge in [-0.25, -0.2) is 0 Å². The summed E-state index contributed by atoms with van der Waals surface area (Å²) >= 11 is 0. The topological polar surface area (TPSA) is 302 Å². The molecule has 0 aromatic heterocycles. The van der Waals surface area contributed by atoms with Gasteiger partial charge in [0.1, 0.15) is 47.1 Å². The van der Waals surface area contributed by atoms with Crippen molar-refractivity contribution in [2.75, 3.05) is 7.11 Å². The number of nitrogens with one attached hydrogen (secondary N) is 4. The molecule has 0 radical (unpaired) electrons. The second kappa shape index (κ2) is 21.0. The fraction of sp³-hybridized carbons (Fsp3) is 0.578. The van der Waals surface area contributed by atoms with E-state index in [1.807, 2.05) is 27.7 Å². The Morgan fingerprint density at radius 1 is 0.862 bits per heavy atom. The van der Waals surface area contributed by atoms with E-state index in [0.717, 1.165) is 6.92 Å². The second-order valence-electron chi connectivity index (χ2n) is 18.0. The van der Waals surface area contributed by atoms with E-state index in [4.69, 9.17) is 19.9 Å². The Kier molecular flexibility index (Phi) is 16.9. The molecule has 1 saturated heterocycles. The molecule has 2 aliphatic carbocycles. The Hall–Kier alpha value is -5.18. The summed E-state index contributed by atoms with van der Waals surface area (Å²) < 4.78 is 17.7. The zero-order chi connectivity index (χ0) is 47.7. The van der Waals surface area contributed by atoms with Gasteiger partial charge in [-0.05, 0) is 58.4 Å². The number of hydrogen-bond acceptors (Lipinski definition) is 15. The second-order valence-corrected chi connectivity index (χ2v) is 18.0. The van der Waals surface area contributed by atoms with E-state index in [1.54, 1.807) is 0 Å². The number of nitrogens with two attached hydrogens (primary N) is 1. The lowest BCUT2D eigenvalue weighted by atomic mass is 9.72. The van der Waals surface area contributed by atoms with Crippen molar-refractivity contribution < 1.29 is 68.2 Å². The number of amides is 4. The molecule has 65 heavy (non-hydrogen) atoms. The van der Waals surface area contributed by atoms with Gasteiger partial charge in [0.25, 0.3) is 0 Å². The summed E-state index contributed by atoms with van der Waals surface area (Å²) in [7, 11) is 1.31. The van der Waals surface area contributed by atoms with Crippen LogP contribution in [0.1, 0.15) is 130 Å². The molecule has 19 nitrogen and oxygen atoms in total. The van der Waals surface area contributed by atoms with Gasteiger partial charge in [-0.15, -0.1) is 12.4 Å². The fourth-order valence-corrected chi connectivity index (χ4v) is 8.44. The number of phenols is 2. The van der Waals surface area contributed by atoms with Crippen molar-refractivity contribution in [3.05, 3.63) is 51.6 Å². The van der Waals surface area contributed by atoms with Gasteiger partial charge in [0.2, 0.25) is 29.4 Å². The lowest BCUT2D eigenvalue weighted by Gasteiger charge is -2.43. The number of carbonyl (C=O) groups excluding carboxylic acids is 7. The van der Waals surface area contributed by atoms with E-state index in [-0.39, 0.29) is 71.5 Å². The summed E-state index contributed by atoms with van der Waals surface area (Å²) in [6, 6.07) is -0.868. The molecule has 0 bridgehead atoms. The number of Topliss-reactive ketones (excluding diaryl/α,β-unsaturated/α-hetero) is 1. The Labute approximate surface area is 383 Å². The van der Waals surface area contributed by atoms with Crippen molar-refractivity contribution in [3.63, 3.8) is 0 Å². The third kappa shape index (κ3) is 11.1. The van der Waals surface area contributed by atoms with Crippen LogP contribution in [-0.4, -0.2) is 123 Å². The van der Waals surface area contributed by atoms with Crippen LogP contribution < -0.4 is 31.7 Å². The van der Waals surface area contributed by atoms with Crippen LogP contribution in [0.4, 0.5) is 0 Å². The molecule has 3 aliphatic rings. The van der Waals surface area contributed by atoms with Crippen LogP contribution in [0.3, 0.4) is 0 Å². The van der Waals surface area contributed by atoms with Gasteiger partial charge in [-0.3, -0.25) is 33.6 Å². The van der Waals surface area contributed by atoms with Gasteiger partial charge in [-0.2, -0.15) is 0 Å². The van der Waals surface area contributed by atoms with Crippen molar-refractivity contribution in [2.24, 2.45) is 17.6 Å². The van der Waals surface area contributed by atoms with Crippen LogP contribution in [0, 0.1) is 11.8 Å². The maximum atomic E-state index is 14.0. The monoisotopic (exact) mass is 931 g/mol.